The molecule has 0 fully saturated rings. The number of hydrogen-bond acceptors (Lipinski definition) is 0. The highest BCUT2D eigenvalue weighted by molar-refractivity contribution is 6.71. The number of hydrogen-bond donors (Lipinski definition) is 0. The first kappa shape index (κ1) is 17.8. The summed E-state index contributed by atoms with van der Waals surface area (Å²) >= 11 is 0. The van der Waals surface area contributed by atoms with Gasteiger partial charge in [0, 0.05) is 0 Å². The van der Waals surface area contributed by atoms with E-state index in [1.165, 1.54) is 11.1 Å². The molecule has 0 aromatic heterocycles. The molecule has 0 aromatic carbocycles. The van der Waals surface area contributed by atoms with Gasteiger partial charge in [0.15, 0.2) is 0 Å². The second-order valence-electron chi connectivity index (χ2n) is 6.45. The molecule has 0 nitrogen and oxygen atoms in total. The molecule has 0 rings (SSSR count). The summed E-state index contributed by atoms with van der Waals surface area (Å²) in [5, 5.41) is 0. The predicted octanol–water partition coefficient (Wildman–Crippen LogP) is 6.01. The standard InChI is InChI=1S/C14H28F2Si2/c1-13(9-11-17(3,4)15)7-8-14(2)10-12-18(5,6)16/h9-10H,7-8,11-12H2,1-6H3/b13-9-,14-10-. The highest BCUT2D eigenvalue weighted by Crippen LogP contribution is 2.18. The van der Waals surface area contributed by atoms with E-state index in [0.717, 1.165) is 12.8 Å². The van der Waals surface area contributed by atoms with Crippen molar-refractivity contribution in [1.29, 1.82) is 0 Å². The Morgan fingerprint density at radius 2 is 1.06 bits per heavy atom. The Kier molecular flexibility index (Phi) is 7.29. The van der Waals surface area contributed by atoms with Crippen LogP contribution in [0, 0.1) is 0 Å². The molecule has 0 aromatic rings. The van der Waals surface area contributed by atoms with Gasteiger partial charge in [0.1, 0.15) is 0 Å². The maximum absolute atomic E-state index is 13.4. The fourth-order valence-corrected chi connectivity index (χ4v) is 3.10. The minimum absolute atomic E-state index is 0.603. The van der Waals surface area contributed by atoms with Crippen LogP contribution >= 0.6 is 0 Å². The molecule has 0 atom stereocenters. The van der Waals surface area contributed by atoms with Crippen molar-refractivity contribution in [3.8, 4) is 0 Å². The van der Waals surface area contributed by atoms with E-state index in [4.69, 9.17) is 0 Å². The summed E-state index contributed by atoms with van der Waals surface area (Å²) in [6.07, 6.45) is 5.99. The van der Waals surface area contributed by atoms with E-state index in [1.807, 2.05) is 12.2 Å². The molecule has 0 heterocycles. The SMILES string of the molecule is C/C(=C/C[Si](C)(C)F)CC/C(C)=C\C[Si](C)(C)F. The Labute approximate surface area is 114 Å². The van der Waals surface area contributed by atoms with E-state index >= 15 is 0 Å². The molecule has 0 amide bonds. The first-order chi connectivity index (χ1) is 7.99. The van der Waals surface area contributed by atoms with E-state index in [1.54, 1.807) is 26.2 Å². The summed E-state index contributed by atoms with van der Waals surface area (Å²) in [4.78, 5) is 0. The van der Waals surface area contributed by atoms with Gasteiger partial charge in [-0.15, -0.1) is 0 Å². The molecule has 0 unspecified atom stereocenters. The van der Waals surface area contributed by atoms with Crippen molar-refractivity contribution in [1.82, 2.24) is 0 Å². The molecule has 0 spiro atoms. The van der Waals surface area contributed by atoms with Crippen LogP contribution < -0.4 is 0 Å². The van der Waals surface area contributed by atoms with Gasteiger partial charge in [-0.3, -0.25) is 0 Å². The lowest BCUT2D eigenvalue weighted by atomic mass is 10.1. The van der Waals surface area contributed by atoms with Gasteiger partial charge in [-0.25, -0.2) is 0 Å². The van der Waals surface area contributed by atoms with Crippen LogP contribution in [0.1, 0.15) is 26.7 Å². The van der Waals surface area contributed by atoms with Crippen molar-refractivity contribution in [2.75, 3.05) is 0 Å². The molecule has 0 aliphatic heterocycles. The van der Waals surface area contributed by atoms with Gasteiger partial charge in [0.2, 0.25) is 16.8 Å². The van der Waals surface area contributed by atoms with E-state index in [-0.39, 0.29) is 0 Å². The van der Waals surface area contributed by atoms with Crippen LogP contribution in [0.2, 0.25) is 38.3 Å². The maximum Gasteiger partial charge on any atom is 0.244 e. The monoisotopic (exact) mass is 290 g/mol. The van der Waals surface area contributed by atoms with Gasteiger partial charge in [-0.2, -0.15) is 0 Å². The summed E-state index contributed by atoms with van der Waals surface area (Å²) < 4.78 is 26.9. The molecule has 106 valence electrons. The van der Waals surface area contributed by atoms with Crippen LogP contribution in [-0.4, -0.2) is 16.8 Å². The number of allylic oxidation sites excluding steroid dienone is 4. The Morgan fingerprint density at radius 1 is 0.778 bits per heavy atom. The third-order valence-corrected chi connectivity index (χ3v) is 5.14. The zero-order valence-corrected chi connectivity index (χ0v) is 14.7. The van der Waals surface area contributed by atoms with E-state index in [2.05, 4.69) is 13.8 Å². The second-order valence-corrected chi connectivity index (χ2v) is 14.1. The molecular formula is C14H28F2Si2. The van der Waals surface area contributed by atoms with Gasteiger partial charge < -0.3 is 8.22 Å². The zero-order valence-electron chi connectivity index (χ0n) is 12.7. The highest BCUT2D eigenvalue weighted by Gasteiger charge is 2.18. The first-order valence-corrected chi connectivity index (χ1v) is 12.9. The largest absolute Gasteiger partial charge is 0.314 e. The summed E-state index contributed by atoms with van der Waals surface area (Å²) in [6.45, 7) is 11.0. The third kappa shape index (κ3) is 12.2. The molecule has 4 heteroatoms. The quantitative estimate of drug-likeness (QED) is 0.306. The molecule has 0 N–H and O–H groups in total. The van der Waals surface area contributed by atoms with Crippen LogP contribution in [0.15, 0.2) is 23.3 Å². The Morgan fingerprint density at radius 3 is 1.28 bits per heavy atom. The molecule has 0 bridgehead atoms. The van der Waals surface area contributed by atoms with Crippen LogP contribution in [0.25, 0.3) is 0 Å². The van der Waals surface area contributed by atoms with Gasteiger partial charge >= 0.3 is 0 Å². The molecular weight excluding hydrogens is 262 g/mol. The summed E-state index contributed by atoms with van der Waals surface area (Å²) in [5.41, 5.74) is 2.50. The van der Waals surface area contributed by atoms with E-state index in [9.17, 15) is 8.22 Å². The van der Waals surface area contributed by atoms with Crippen molar-refractivity contribution in [2.24, 2.45) is 0 Å². The fraction of sp³-hybridized carbons (Fsp3) is 0.714. The van der Waals surface area contributed by atoms with Crippen molar-refractivity contribution < 1.29 is 8.22 Å². The first-order valence-electron chi connectivity index (χ1n) is 6.69. The van der Waals surface area contributed by atoms with Crippen molar-refractivity contribution in [3.05, 3.63) is 23.3 Å². The van der Waals surface area contributed by atoms with Crippen LogP contribution in [0.5, 0.6) is 0 Å². The maximum atomic E-state index is 13.4. The fourth-order valence-electron chi connectivity index (χ4n) is 1.43. The van der Waals surface area contributed by atoms with E-state index < -0.39 is 16.8 Å². The smallest absolute Gasteiger partial charge is 0.244 e. The molecule has 0 aliphatic rings. The van der Waals surface area contributed by atoms with Gasteiger partial charge in [-0.05, 0) is 65.0 Å². The lowest BCUT2D eigenvalue weighted by Gasteiger charge is -2.10. The molecule has 0 aliphatic carbocycles. The zero-order chi connectivity index (χ0) is 14.4. The van der Waals surface area contributed by atoms with Crippen LogP contribution in [0.3, 0.4) is 0 Å². The molecule has 0 saturated carbocycles. The summed E-state index contributed by atoms with van der Waals surface area (Å²) in [7, 11) is -4.90. The molecule has 18 heavy (non-hydrogen) atoms. The van der Waals surface area contributed by atoms with Crippen molar-refractivity contribution in [2.45, 2.75) is 65.0 Å². The average molecular weight is 291 g/mol. The Hall–Kier alpha value is -0.226. The Balaban J connectivity index is 4.09. The van der Waals surface area contributed by atoms with Gasteiger partial charge in [-0.1, -0.05) is 23.3 Å². The number of rotatable bonds is 7. The summed E-state index contributed by atoms with van der Waals surface area (Å²) in [5.74, 6) is 0. The normalized spacial score (nSPS) is 15.1. The minimum atomic E-state index is -2.45. The van der Waals surface area contributed by atoms with E-state index in [0.29, 0.717) is 12.1 Å². The number of halogens is 2. The minimum Gasteiger partial charge on any atom is -0.314 e. The predicted molar refractivity (Wildman–Crippen MR) is 83.5 cm³/mol. The van der Waals surface area contributed by atoms with Gasteiger partial charge in [0.25, 0.3) is 0 Å². The molecule has 0 saturated heterocycles. The highest BCUT2D eigenvalue weighted by atomic mass is 28.4. The topological polar surface area (TPSA) is 0 Å². The lowest BCUT2D eigenvalue weighted by molar-refractivity contribution is 0.795. The second kappa shape index (κ2) is 7.38. The van der Waals surface area contributed by atoms with Crippen LogP contribution in [0.4, 0.5) is 8.22 Å². The van der Waals surface area contributed by atoms with Crippen molar-refractivity contribution in [3.63, 3.8) is 0 Å². The van der Waals surface area contributed by atoms with Crippen molar-refractivity contribution >= 4 is 16.8 Å². The third-order valence-electron chi connectivity index (χ3n) is 2.79. The lowest BCUT2D eigenvalue weighted by Crippen LogP contribution is -2.16. The molecule has 0 radical (unpaired) electrons. The Bertz CT molecular complexity index is 275. The summed E-state index contributed by atoms with van der Waals surface area (Å²) in [6, 6.07) is 1.21. The van der Waals surface area contributed by atoms with Crippen LogP contribution in [-0.2, 0) is 0 Å². The van der Waals surface area contributed by atoms with Gasteiger partial charge in [0.05, 0.1) is 0 Å². The average Bonchev–Trinajstić information content (AvgIpc) is 2.18.